The van der Waals surface area contributed by atoms with Crippen LogP contribution in [0.4, 0.5) is 5.82 Å². The average Bonchev–Trinajstić information content (AvgIpc) is 2.30. The van der Waals surface area contributed by atoms with Crippen LogP contribution in [0.2, 0.25) is 0 Å². The first kappa shape index (κ1) is 14.9. The zero-order valence-corrected chi connectivity index (χ0v) is 11.9. The van der Waals surface area contributed by atoms with Crippen molar-refractivity contribution in [1.82, 2.24) is 9.71 Å². The van der Waals surface area contributed by atoms with Crippen LogP contribution in [0.15, 0.2) is 23.2 Å². The first-order chi connectivity index (χ1) is 8.42. The van der Waals surface area contributed by atoms with Crippen LogP contribution in [0.25, 0.3) is 0 Å². The van der Waals surface area contributed by atoms with Gasteiger partial charge >= 0.3 is 0 Å². The van der Waals surface area contributed by atoms with Crippen LogP contribution in [0.1, 0.15) is 33.6 Å². The van der Waals surface area contributed by atoms with Gasteiger partial charge in [0.1, 0.15) is 10.7 Å². The summed E-state index contributed by atoms with van der Waals surface area (Å²) in [7, 11) is -3.59. The molecule has 1 aromatic rings. The number of nitrogen functional groups attached to an aromatic ring is 1. The Kier molecular flexibility index (Phi) is 5.10. The van der Waals surface area contributed by atoms with E-state index in [1.807, 2.05) is 6.92 Å². The topological polar surface area (TPSA) is 85.1 Å². The van der Waals surface area contributed by atoms with Crippen LogP contribution in [0.3, 0.4) is 0 Å². The lowest BCUT2D eigenvalue weighted by atomic mass is 9.96. The van der Waals surface area contributed by atoms with Crippen molar-refractivity contribution in [3.63, 3.8) is 0 Å². The predicted octanol–water partition coefficient (Wildman–Crippen LogP) is 1.77. The Morgan fingerprint density at radius 3 is 2.50 bits per heavy atom. The minimum Gasteiger partial charge on any atom is -0.383 e. The molecule has 0 radical (unpaired) electrons. The van der Waals surface area contributed by atoms with E-state index >= 15 is 0 Å². The van der Waals surface area contributed by atoms with Crippen molar-refractivity contribution in [1.29, 1.82) is 0 Å². The third kappa shape index (κ3) is 3.43. The second kappa shape index (κ2) is 6.15. The van der Waals surface area contributed by atoms with Crippen molar-refractivity contribution in [2.75, 3.05) is 5.73 Å². The van der Waals surface area contributed by atoms with E-state index in [-0.39, 0.29) is 16.8 Å². The number of rotatable bonds is 6. The second-order valence-electron chi connectivity index (χ2n) is 4.37. The SMILES string of the molecule is CCC(CC)C(C)NS(=O)(=O)c1cccnc1N. The zero-order valence-electron chi connectivity index (χ0n) is 11.1. The highest BCUT2D eigenvalue weighted by Gasteiger charge is 2.23. The number of aromatic nitrogens is 1. The zero-order chi connectivity index (χ0) is 13.8. The minimum atomic E-state index is -3.59. The smallest absolute Gasteiger partial charge is 0.244 e. The standard InChI is InChI=1S/C12H21N3O2S/c1-4-10(5-2)9(3)15-18(16,17)11-7-6-8-14-12(11)13/h6-10,15H,4-5H2,1-3H3,(H2,13,14). The van der Waals surface area contributed by atoms with Crippen molar-refractivity contribution < 1.29 is 8.42 Å². The molecule has 1 heterocycles. The lowest BCUT2D eigenvalue weighted by Gasteiger charge is -2.22. The van der Waals surface area contributed by atoms with Gasteiger partial charge in [-0.05, 0) is 25.0 Å². The Hall–Kier alpha value is -1.14. The summed E-state index contributed by atoms with van der Waals surface area (Å²) in [6.07, 6.45) is 3.34. The molecule has 0 saturated carbocycles. The maximum Gasteiger partial charge on any atom is 0.244 e. The predicted molar refractivity (Wildman–Crippen MR) is 72.5 cm³/mol. The fraction of sp³-hybridized carbons (Fsp3) is 0.583. The average molecular weight is 271 g/mol. The fourth-order valence-electron chi connectivity index (χ4n) is 2.03. The summed E-state index contributed by atoms with van der Waals surface area (Å²) in [5.41, 5.74) is 5.59. The molecule has 0 aliphatic rings. The number of nitrogens with two attached hydrogens (primary N) is 1. The highest BCUT2D eigenvalue weighted by molar-refractivity contribution is 7.89. The third-order valence-corrected chi connectivity index (χ3v) is 4.79. The molecule has 0 aliphatic carbocycles. The molecule has 6 heteroatoms. The molecule has 0 aromatic carbocycles. The van der Waals surface area contributed by atoms with Gasteiger partial charge in [0.25, 0.3) is 0 Å². The van der Waals surface area contributed by atoms with Crippen molar-refractivity contribution >= 4 is 15.8 Å². The van der Waals surface area contributed by atoms with Crippen molar-refractivity contribution in [3.05, 3.63) is 18.3 Å². The Morgan fingerprint density at radius 1 is 1.39 bits per heavy atom. The van der Waals surface area contributed by atoms with Crippen LogP contribution in [0, 0.1) is 5.92 Å². The lowest BCUT2D eigenvalue weighted by molar-refractivity contribution is 0.391. The summed E-state index contributed by atoms with van der Waals surface area (Å²) in [6, 6.07) is 2.90. The quantitative estimate of drug-likeness (QED) is 0.825. The van der Waals surface area contributed by atoms with Crippen molar-refractivity contribution in [2.24, 2.45) is 5.92 Å². The summed E-state index contributed by atoms with van der Waals surface area (Å²) in [6.45, 7) is 5.98. The molecular weight excluding hydrogens is 250 g/mol. The van der Waals surface area contributed by atoms with Gasteiger partial charge in [-0.25, -0.2) is 18.1 Å². The fourth-order valence-corrected chi connectivity index (χ4v) is 3.42. The molecular formula is C12H21N3O2S. The number of nitrogens with zero attached hydrogens (tertiary/aromatic N) is 1. The minimum absolute atomic E-state index is 0.0294. The van der Waals surface area contributed by atoms with Crippen molar-refractivity contribution in [3.8, 4) is 0 Å². The molecule has 3 N–H and O–H groups in total. The molecule has 0 saturated heterocycles. The molecule has 0 amide bonds. The summed E-state index contributed by atoms with van der Waals surface area (Å²) in [5, 5.41) is 0. The Bertz CT molecular complexity index is 484. The number of sulfonamides is 1. The molecule has 0 bridgehead atoms. The van der Waals surface area contributed by atoms with E-state index in [4.69, 9.17) is 5.73 Å². The molecule has 1 rings (SSSR count). The first-order valence-corrected chi connectivity index (χ1v) is 7.63. The number of nitrogens with one attached hydrogen (secondary N) is 1. The van der Waals surface area contributed by atoms with Gasteiger partial charge in [0.15, 0.2) is 0 Å². The number of pyridine rings is 1. The van der Waals surface area contributed by atoms with E-state index in [0.717, 1.165) is 12.8 Å². The molecule has 5 nitrogen and oxygen atoms in total. The molecule has 18 heavy (non-hydrogen) atoms. The van der Waals surface area contributed by atoms with E-state index in [1.165, 1.54) is 12.3 Å². The highest BCUT2D eigenvalue weighted by Crippen LogP contribution is 2.18. The van der Waals surface area contributed by atoms with Crippen LogP contribution in [-0.4, -0.2) is 19.4 Å². The van der Waals surface area contributed by atoms with E-state index in [9.17, 15) is 8.42 Å². The number of hydrogen-bond acceptors (Lipinski definition) is 4. The normalized spacial score (nSPS) is 13.8. The van der Waals surface area contributed by atoms with Gasteiger partial charge < -0.3 is 5.73 Å². The second-order valence-corrected chi connectivity index (χ2v) is 6.06. The molecule has 1 atom stereocenters. The summed E-state index contributed by atoms with van der Waals surface area (Å²) >= 11 is 0. The Morgan fingerprint density at radius 2 is 2.00 bits per heavy atom. The third-order valence-electron chi connectivity index (χ3n) is 3.19. The van der Waals surface area contributed by atoms with E-state index in [1.54, 1.807) is 6.07 Å². The van der Waals surface area contributed by atoms with Crippen LogP contribution < -0.4 is 10.5 Å². The monoisotopic (exact) mass is 271 g/mol. The maximum atomic E-state index is 12.2. The van der Waals surface area contributed by atoms with Crippen LogP contribution in [-0.2, 0) is 10.0 Å². The molecule has 1 unspecified atom stereocenters. The van der Waals surface area contributed by atoms with Gasteiger partial charge in [-0.2, -0.15) is 0 Å². The molecule has 102 valence electrons. The Labute approximate surface area is 109 Å². The van der Waals surface area contributed by atoms with Gasteiger partial charge in [0.2, 0.25) is 10.0 Å². The van der Waals surface area contributed by atoms with Crippen LogP contribution in [0.5, 0.6) is 0 Å². The van der Waals surface area contributed by atoms with E-state index in [2.05, 4.69) is 23.6 Å². The highest BCUT2D eigenvalue weighted by atomic mass is 32.2. The largest absolute Gasteiger partial charge is 0.383 e. The lowest BCUT2D eigenvalue weighted by Crippen LogP contribution is -2.38. The molecule has 1 aromatic heterocycles. The van der Waals surface area contributed by atoms with Gasteiger partial charge in [0, 0.05) is 12.2 Å². The van der Waals surface area contributed by atoms with Gasteiger partial charge in [-0.3, -0.25) is 0 Å². The van der Waals surface area contributed by atoms with Crippen molar-refractivity contribution in [2.45, 2.75) is 44.6 Å². The summed E-state index contributed by atoms with van der Waals surface area (Å²) in [4.78, 5) is 3.84. The molecule has 0 aliphatic heterocycles. The summed E-state index contributed by atoms with van der Waals surface area (Å²) < 4.78 is 27.0. The Balaban J connectivity index is 2.93. The van der Waals surface area contributed by atoms with Gasteiger partial charge in [-0.15, -0.1) is 0 Å². The maximum absolute atomic E-state index is 12.2. The molecule has 0 spiro atoms. The van der Waals surface area contributed by atoms with E-state index in [0.29, 0.717) is 5.92 Å². The molecule has 0 fully saturated rings. The number of anilines is 1. The summed E-state index contributed by atoms with van der Waals surface area (Å²) in [5.74, 6) is 0.347. The van der Waals surface area contributed by atoms with E-state index < -0.39 is 10.0 Å². The first-order valence-electron chi connectivity index (χ1n) is 6.15. The van der Waals surface area contributed by atoms with Gasteiger partial charge in [-0.1, -0.05) is 26.7 Å². The van der Waals surface area contributed by atoms with Gasteiger partial charge in [0.05, 0.1) is 0 Å². The number of hydrogen-bond donors (Lipinski definition) is 2. The van der Waals surface area contributed by atoms with Crippen LogP contribution >= 0.6 is 0 Å².